The molecular weight excluding hydrogens is 404 g/mol. The van der Waals surface area contributed by atoms with Gasteiger partial charge >= 0.3 is 0 Å². The molecule has 0 aliphatic carbocycles. The summed E-state index contributed by atoms with van der Waals surface area (Å²) >= 11 is 7.43. The molecule has 7 heteroatoms. The Morgan fingerprint density at radius 2 is 1.76 bits per heavy atom. The Kier molecular flexibility index (Phi) is 5.83. The van der Waals surface area contributed by atoms with Gasteiger partial charge in [0.1, 0.15) is 0 Å². The van der Waals surface area contributed by atoms with Crippen LogP contribution in [0.25, 0.3) is 11.4 Å². The van der Waals surface area contributed by atoms with Crippen molar-refractivity contribution in [3.05, 3.63) is 89.2 Å². The lowest BCUT2D eigenvalue weighted by Crippen LogP contribution is -2.09. The standard InChI is InChI=1S/C22H19ClN4OS/c1-26-13-5-8-19(26)20(28)15-29-22-25-24-21(17-9-11-18(23)12-10-17)27(22)14-16-6-3-2-4-7-16/h2-13H,14-15H2,1H3. The van der Waals surface area contributed by atoms with Crippen LogP contribution in [0.5, 0.6) is 0 Å². The molecule has 0 N–H and O–H groups in total. The van der Waals surface area contributed by atoms with Crippen LogP contribution in [0.15, 0.2) is 78.1 Å². The minimum Gasteiger partial charge on any atom is -0.348 e. The first-order chi connectivity index (χ1) is 14.1. The van der Waals surface area contributed by atoms with Gasteiger partial charge in [-0.15, -0.1) is 10.2 Å². The molecule has 0 radical (unpaired) electrons. The predicted molar refractivity (Wildman–Crippen MR) is 116 cm³/mol. The second-order valence-electron chi connectivity index (χ2n) is 6.60. The van der Waals surface area contributed by atoms with Gasteiger partial charge in [-0.25, -0.2) is 0 Å². The maximum Gasteiger partial charge on any atom is 0.192 e. The van der Waals surface area contributed by atoms with Gasteiger partial charge in [0.05, 0.1) is 18.0 Å². The number of aryl methyl sites for hydroxylation is 1. The molecule has 0 fully saturated rings. The van der Waals surface area contributed by atoms with E-state index in [0.717, 1.165) is 17.0 Å². The summed E-state index contributed by atoms with van der Waals surface area (Å²) in [5.74, 6) is 1.11. The molecule has 0 unspecified atom stereocenters. The topological polar surface area (TPSA) is 52.7 Å². The third-order valence-electron chi connectivity index (χ3n) is 4.56. The normalized spacial score (nSPS) is 11.0. The number of halogens is 1. The number of hydrogen-bond donors (Lipinski definition) is 0. The van der Waals surface area contributed by atoms with Crippen molar-refractivity contribution in [1.82, 2.24) is 19.3 Å². The van der Waals surface area contributed by atoms with Gasteiger partial charge in [-0.3, -0.25) is 9.36 Å². The summed E-state index contributed by atoms with van der Waals surface area (Å²) in [5, 5.41) is 10.2. The quantitative estimate of drug-likeness (QED) is 0.312. The van der Waals surface area contributed by atoms with Gasteiger partial charge in [0.25, 0.3) is 0 Å². The van der Waals surface area contributed by atoms with E-state index in [1.54, 1.807) is 0 Å². The molecule has 29 heavy (non-hydrogen) atoms. The molecule has 5 nitrogen and oxygen atoms in total. The molecule has 0 atom stereocenters. The van der Waals surface area contributed by atoms with E-state index in [4.69, 9.17) is 11.6 Å². The minimum absolute atomic E-state index is 0.0600. The fraction of sp³-hybridized carbons (Fsp3) is 0.136. The molecule has 0 aliphatic rings. The number of hydrogen-bond acceptors (Lipinski definition) is 4. The zero-order chi connectivity index (χ0) is 20.2. The monoisotopic (exact) mass is 422 g/mol. The Morgan fingerprint density at radius 1 is 1.00 bits per heavy atom. The van der Waals surface area contributed by atoms with E-state index < -0.39 is 0 Å². The average Bonchev–Trinajstić information content (AvgIpc) is 3.34. The number of rotatable bonds is 7. The van der Waals surface area contributed by atoms with Crippen LogP contribution in [-0.4, -0.2) is 30.9 Å². The number of carbonyl (C=O) groups excluding carboxylic acids is 1. The lowest BCUT2D eigenvalue weighted by molar-refractivity contribution is 0.101. The molecule has 0 amide bonds. The van der Waals surface area contributed by atoms with Crippen molar-refractivity contribution in [2.24, 2.45) is 7.05 Å². The van der Waals surface area contributed by atoms with Gasteiger partial charge < -0.3 is 4.57 Å². The van der Waals surface area contributed by atoms with Gasteiger partial charge in [0.15, 0.2) is 16.8 Å². The van der Waals surface area contributed by atoms with Crippen LogP contribution in [0, 0.1) is 0 Å². The Morgan fingerprint density at radius 3 is 2.45 bits per heavy atom. The van der Waals surface area contributed by atoms with E-state index in [1.807, 2.05) is 77.0 Å². The van der Waals surface area contributed by atoms with Crippen molar-refractivity contribution in [2.75, 3.05) is 5.75 Å². The van der Waals surface area contributed by atoms with E-state index in [-0.39, 0.29) is 5.78 Å². The Hall–Kier alpha value is -2.83. The van der Waals surface area contributed by atoms with Crippen molar-refractivity contribution in [3.8, 4) is 11.4 Å². The van der Waals surface area contributed by atoms with Crippen LogP contribution < -0.4 is 0 Å². The number of Topliss-reactive ketones (excluding diaryl/α,β-unsaturated/α-hetero) is 1. The molecule has 2 heterocycles. The van der Waals surface area contributed by atoms with Crippen molar-refractivity contribution in [1.29, 1.82) is 0 Å². The van der Waals surface area contributed by atoms with E-state index in [2.05, 4.69) is 22.3 Å². The molecule has 0 bridgehead atoms. The SMILES string of the molecule is Cn1cccc1C(=O)CSc1nnc(-c2ccc(Cl)cc2)n1Cc1ccccc1. The summed E-state index contributed by atoms with van der Waals surface area (Å²) in [7, 11) is 1.87. The molecule has 2 aromatic heterocycles. The number of aromatic nitrogens is 4. The zero-order valence-electron chi connectivity index (χ0n) is 15.8. The molecular formula is C22H19ClN4OS. The van der Waals surface area contributed by atoms with Gasteiger partial charge in [0.2, 0.25) is 0 Å². The number of carbonyl (C=O) groups is 1. The summed E-state index contributed by atoms with van der Waals surface area (Å²) in [5.41, 5.74) is 2.75. The molecule has 0 saturated heterocycles. The zero-order valence-corrected chi connectivity index (χ0v) is 17.4. The number of ketones is 1. The molecule has 0 saturated carbocycles. The third-order valence-corrected chi connectivity index (χ3v) is 5.78. The van der Waals surface area contributed by atoms with Crippen LogP contribution in [0.3, 0.4) is 0 Å². The maximum atomic E-state index is 12.6. The summed E-state index contributed by atoms with van der Waals surface area (Å²) in [4.78, 5) is 12.6. The Bertz CT molecular complexity index is 1120. The molecule has 4 aromatic rings. The van der Waals surface area contributed by atoms with Crippen molar-refractivity contribution in [2.45, 2.75) is 11.7 Å². The van der Waals surface area contributed by atoms with E-state index in [1.165, 1.54) is 11.8 Å². The first-order valence-electron chi connectivity index (χ1n) is 9.12. The maximum absolute atomic E-state index is 12.6. The van der Waals surface area contributed by atoms with Gasteiger partial charge in [0, 0.05) is 23.8 Å². The van der Waals surface area contributed by atoms with Crippen molar-refractivity contribution >= 4 is 29.1 Å². The first-order valence-corrected chi connectivity index (χ1v) is 10.5. The molecule has 0 aliphatic heterocycles. The van der Waals surface area contributed by atoms with Gasteiger partial charge in [-0.2, -0.15) is 0 Å². The fourth-order valence-corrected chi connectivity index (χ4v) is 4.01. The summed E-state index contributed by atoms with van der Waals surface area (Å²) in [6.45, 7) is 0.618. The van der Waals surface area contributed by atoms with Crippen LogP contribution in [0.1, 0.15) is 16.1 Å². The highest BCUT2D eigenvalue weighted by atomic mass is 35.5. The second kappa shape index (κ2) is 8.68. The van der Waals surface area contributed by atoms with Crippen LogP contribution >= 0.6 is 23.4 Å². The Balaban J connectivity index is 1.63. The van der Waals surface area contributed by atoms with E-state index in [9.17, 15) is 4.79 Å². The smallest absolute Gasteiger partial charge is 0.192 e. The predicted octanol–water partition coefficient (Wildman–Crippen LogP) is 4.96. The highest BCUT2D eigenvalue weighted by Crippen LogP contribution is 2.26. The van der Waals surface area contributed by atoms with Crippen LogP contribution in [0.2, 0.25) is 5.02 Å². The summed E-state index contributed by atoms with van der Waals surface area (Å²) in [6, 6.07) is 21.4. The fourth-order valence-electron chi connectivity index (χ4n) is 3.07. The molecule has 4 rings (SSSR count). The first kappa shape index (κ1) is 19.5. The second-order valence-corrected chi connectivity index (χ2v) is 7.98. The molecule has 146 valence electrons. The largest absolute Gasteiger partial charge is 0.348 e. The highest BCUT2D eigenvalue weighted by Gasteiger charge is 2.17. The van der Waals surface area contributed by atoms with Gasteiger partial charge in [-0.05, 0) is 42.0 Å². The minimum atomic E-state index is 0.0600. The number of benzene rings is 2. The molecule has 0 spiro atoms. The molecule has 2 aromatic carbocycles. The average molecular weight is 423 g/mol. The summed E-state index contributed by atoms with van der Waals surface area (Å²) < 4.78 is 3.87. The summed E-state index contributed by atoms with van der Waals surface area (Å²) in [6.07, 6.45) is 1.87. The lowest BCUT2D eigenvalue weighted by Gasteiger charge is -2.10. The van der Waals surface area contributed by atoms with Crippen LogP contribution in [0.4, 0.5) is 0 Å². The Labute approximate surface area is 178 Å². The third kappa shape index (κ3) is 4.44. The number of thioether (sulfide) groups is 1. The highest BCUT2D eigenvalue weighted by molar-refractivity contribution is 7.99. The van der Waals surface area contributed by atoms with Crippen molar-refractivity contribution in [3.63, 3.8) is 0 Å². The van der Waals surface area contributed by atoms with Crippen molar-refractivity contribution < 1.29 is 4.79 Å². The number of nitrogens with zero attached hydrogens (tertiary/aromatic N) is 4. The van der Waals surface area contributed by atoms with Crippen LogP contribution in [-0.2, 0) is 13.6 Å². The van der Waals surface area contributed by atoms with E-state index >= 15 is 0 Å². The van der Waals surface area contributed by atoms with E-state index in [0.29, 0.717) is 28.2 Å². The van der Waals surface area contributed by atoms with Gasteiger partial charge in [-0.1, -0.05) is 53.7 Å². The lowest BCUT2D eigenvalue weighted by atomic mass is 10.2.